The van der Waals surface area contributed by atoms with E-state index in [0.717, 1.165) is 0 Å². The van der Waals surface area contributed by atoms with Gasteiger partial charge in [0, 0.05) is 38.8 Å². The van der Waals surface area contributed by atoms with Gasteiger partial charge < -0.3 is 14.7 Å². The SMILES string of the molecule is O=[N+]([O-])c1ccccc1N1CCN(C[C@H](O)COC(c2ccc(F)cc2)c2ccc(F)cc2)CC1. The predicted molar refractivity (Wildman–Crippen MR) is 128 cm³/mol. The first kappa shape index (κ1) is 24.7. The van der Waals surface area contributed by atoms with E-state index in [1.807, 2.05) is 4.90 Å². The number of nitro benzene ring substituents is 1. The number of nitrogens with zero attached hydrogens (tertiary/aromatic N) is 3. The monoisotopic (exact) mass is 483 g/mol. The number of hydrogen-bond acceptors (Lipinski definition) is 6. The zero-order valence-corrected chi connectivity index (χ0v) is 19.1. The molecule has 1 heterocycles. The second kappa shape index (κ2) is 11.4. The average molecular weight is 484 g/mol. The Morgan fingerprint density at radius 3 is 1.97 bits per heavy atom. The summed E-state index contributed by atoms with van der Waals surface area (Å²) < 4.78 is 32.8. The van der Waals surface area contributed by atoms with Crippen molar-refractivity contribution >= 4 is 11.4 Å². The van der Waals surface area contributed by atoms with Crippen molar-refractivity contribution in [2.24, 2.45) is 0 Å². The largest absolute Gasteiger partial charge is 0.389 e. The Kier molecular flexibility index (Phi) is 8.02. The highest BCUT2D eigenvalue weighted by atomic mass is 19.1. The molecule has 7 nitrogen and oxygen atoms in total. The molecule has 3 aromatic rings. The fourth-order valence-electron chi connectivity index (χ4n) is 4.28. The molecule has 1 N–H and O–H groups in total. The van der Waals surface area contributed by atoms with Gasteiger partial charge in [0.2, 0.25) is 0 Å². The molecule has 3 aromatic carbocycles. The third-order valence-corrected chi connectivity index (χ3v) is 6.06. The van der Waals surface area contributed by atoms with E-state index < -0.39 is 12.2 Å². The highest BCUT2D eigenvalue weighted by Gasteiger charge is 2.25. The number of benzene rings is 3. The lowest BCUT2D eigenvalue weighted by Gasteiger charge is -2.36. The summed E-state index contributed by atoms with van der Waals surface area (Å²) in [4.78, 5) is 15.0. The molecule has 1 fully saturated rings. The van der Waals surface area contributed by atoms with Crippen LogP contribution in [-0.4, -0.2) is 60.4 Å². The molecule has 0 radical (unpaired) electrons. The highest BCUT2D eigenvalue weighted by molar-refractivity contribution is 5.63. The number of halogens is 2. The van der Waals surface area contributed by atoms with Crippen LogP contribution in [0.4, 0.5) is 20.2 Å². The first-order valence-electron chi connectivity index (χ1n) is 11.4. The Morgan fingerprint density at radius 2 is 1.43 bits per heavy atom. The normalized spacial score (nSPS) is 15.4. The fourth-order valence-corrected chi connectivity index (χ4v) is 4.28. The Balaban J connectivity index is 1.34. The molecule has 0 spiro atoms. The van der Waals surface area contributed by atoms with Crippen molar-refractivity contribution in [2.75, 3.05) is 44.2 Å². The van der Waals surface area contributed by atoms with Crippen molar-refractivity contribution in [3.05, 3.63) is 106 Å². The van der Waals surface area contributed by atoms with Crippen LogP contribution in [0.15, 0.2) is 72.8 Å². The van der Waals surface area contributed by atoms with E-state index in [2.05, 4.69) is 4.90 Å². The van der Waals surface area contributed by atoms with Crippen molar-refractivity contribution in [3.63, 3.8) is 0 Å². The Morgan fingerprint density at radius 1 is 0.886 bits per heavy atom. The molecule has 0 amide bonds. The molecule has 184 valence electrons. The zero-order chi connectivity index (χ0) is 24.8. The van der Waals surface area contributed by atoms with Gasteiger partial charge in [-0.05, 0) is 41.5 Å². The molecule has 4 rings (SSSR count). The highest BCUT2D eigenvalue weighted by Crippen LogP contribution is 2.29. The van der Waals surface area contributed by atoms with Crippen molar-refractivity contribution in [3.8, 4) is 0 Å². The molecular weight excluding hydrogens is 456 g/mol. The first-order chi connectivity index (χ1) is 16.9. The molecule has 9 heteroatoms. The van der Waals surface area contributed by atoms with Crippen LogP contribution in [0.2, 0.25) is 0 Å². The standard InChI is InChI=1S/C26H27F2N3O4/c27-21-9-5-19(6-10-21)26(20-7-11-22(28)12-8-20)35-18-23(32)17-29-13-15-30(16-14-29)24-3-1-2-4-25(24)31(33)34/h1-12,23,26,32H,13-18H2/t23-/m0/s1. The van der Waals surface area contributed by atoms with Gasteiger partial charge in [0.1, 0.15) is 23.4 Å². The van der Waals surface area contributed by atoms with Gasteiger partial charge >= 0.3 is 0 Å². The van der Waals surface area contributed by atoms with Gasteiger partial charge in [-0.2, -0.15) is 0 Å². The van der Waals surface area contributed by atoms with E-state index in [4.69, 9.17) is 4.74 Å². The first-order valence-corrected chi connectivity index (χ1v) is 11.4. The second-order valence-corrected chi connectivity index (χ2v) is 8.50. The summed E-state index contributed by atoms with van der Waals surface area (Å²) >= 11 is 0. The maximum Gasteiger partial charge on any atom is 0.292 e. The van der Waals surface area contributed by atoms with Crippen molar-refractivity contribution in [1.29, 1.82) is 0 Å². The van der Waals surface area contributed by atoms with Crippen molar-refractivity contribution in [1.82, 2.24) is 4.90 Å². The fraction of sp³-hybridized carbons (Fsp3) is 0.308. The van der Waals surface area contributed by atoms with Crippen LogP contribution < -0.4 is 4.90 Å². The van der Waals surface area contributed by atoms with Crippen LogP contribution in [-0.2, 0) is 4.74 Å². The summed E-state index contributed by atoms with van der Waals surface area (Å²) in [5.41, 5.74) is 2.08. The van der Waals surface area contributed by atoms with Gasteiger partial charge in [-0.25, -0.2) is 8.78 Å². The van der Waals surface area contributed by atoms with Crippen LogP contribution in [0.25, 0.3) is 0 Å². The molecule has 0 bridgehead atoms. The third kappa shape index (κ3) is 6.39. The van der Waals surface area contributed by atoms with E-state index in [1.165, 1.54) is 30.3 Å². The van der Waals surface area contributed by atoms with Crippen LogP contribution in [0.3, 0.4) is 0 Å². The number of β-amino-alcohol motifs (C(OH)–C–C–N with tert-alkyl or cyclic N) is 1. The van der Waals surface area contributed by atoms with E-state index in [0.29, 0.717) is 49.5 Å². The van der Waals surface area contributed by atoms with Crippen molar-refractivity contribution in [2.45, 2.75) is 12.2 Å². The number of nitro groups is 1. The topological polar surface area (TPSA) is 79.1 Å². The number of hydrogen-bond donors (Lipinski definition) is 1. The van der Waals surface area contributed by atoms with E-state index in [1.54, 1.807) is 42.5 Å². The lowest BCUT2D eigenvalue weighted by molar-refractivity contribution is -0.384. The van der Waals surface area contributed by atoms with Gasteiger partial charge in [-0.3, -0.25) is 15.0 Å². The molecule has 1 saturated heterocycles. The zero-order valence-electron chi connectivity index (χ0n) is 19.1. The van der Waals surface area contributed by atoms with Crippen LogP contribution >= 0.6 is 0 Å². The maximum absolute atomic E-state index is 13.4. The third-order valence-electron chi connectivity index (χ3n) is 6.06. The molecule has 1 atom stereocenters. The minimum atomic E-state index is -0.781. The smallest absolute Gasteiger partial charge is 0.292 e. The van der Waals surface area contributed by atoms with Crippen LogP contribution in [0.5, 0.6) is 0 Å². The summed E-state index contributed by atoms with van der Waals surface area (Å²) in [6.45, 7) is 2.90. The molecule has 1 aliphatic rings. The molecular formula is C26H27F2N3O4. The van der Waals surface area contributed by atoms with Gasteiger partial charge in [-0.15, -0.1) is 0 Å². The second-order valence-electron chi connectivity index (χ2n) is 8.50. The van der Waals surface area contributed by atoms with Gasteiger partial charge in [-0.1, -0.05) is 36.4 Å². The predicted octanol–water partition coefficient (Wildman–Crippen LogP) is 4.16. The van der Waals surface area contributed by atoms with Gasteiger partial charge in [0.05, 0.1) is 17.6 Å². The Bertz CT molecular complexity index is 1070. The van der Waals surface area contributed by atoms with Crippen LogP contribution in [0.1, 0.15) is 17.2 Å². The molecule has 0 saturated carbocycles. The number of piperazine rings is 1. The number of aliphatic hydroxyl groups is 1. The maximum atomic E-state index is 13.4. The minimum absolute atomic E-state index is 0.0315. The number of para-hydroxylation sites is 2. The quantitative estimate of drug-likeness (QED) is 0.364. The van der Waals surface area contributed by atoms with Crippen LogP contribution in [0, 0.1) is 21.7 Å². The average Bonchev–Trinajstić information content (AvgIpc) is 2.86. The van der Waals surface area contributed by atoms with E-state index in [9.17, 15) is 24.0 Å². The molecule has 1 aliphatic heterocycles. The molecule has 35 heavy (non-hydrogen) atoms. The van der Waals surface area contributed by atoms with Crippen molar-refractivity contribution < 1.29 is 23.5 Å². The lowest BCUT2D eigenvalue weighted by atomic mass is 10.0. The number of rotatable bonds is 9. The number of ether oxygens (including phenoxy) is 1. The molecule has 0 aliphatic carbocycles. The summed E-state index contributed by atoms with van der Waals surface area (Å²) in [5.74, 6) is -0.738. The summed E-state index contributed by atoms with van der Waals surface area (Å²) in [6, 6.07) is 18.5. The van der Waals surface area contributed by atoms with Gasteiger partial charge in [0.15, 0.2) is 0 Å². The summed E-state index contributed by atoms with van der Waals surface area (Å²) in [5, 5.41) is 22.0. The Hall–Kier alpha value is -3.40. The van der Waals surface area contributed by atoms with E-state index >= 15 is 0 Å². The minimum Gasteiger partial charge on any atom is -0.389 e. The molecule has 0 unspecified atom stereocenters. The molecule has 0 aromatic heterocycles. The summed E-state index contributed by atoms with van der Waals surface area (Å²) in [6.07, 6.45) is -1.36. The number of aliphatic hydroxyl groups excluding tert-OH is 1. The van der Waals surface area contributed by atoms with Gasteiger partial charge in [0.25, 0.3) is 5.69 Å². The lowest BCUT2D eigenvalue weighted by Crippen LogP contribution is -2.49. The van der Waals surface area contributed by atoms with E-state index in [-0.39, 0.29) is 28.9 Å². The summed E-state index contributed by atoms with van der Waals surface area (Å²) in [7, 11) is 0. The number of anilines is 1. The Labute approximate surface area is 202 Å².